The highest BCUT2D eigenvalue weighted by Crippen LogP contribution is 2.29. The number of methoxy groups -OCH3 is 1. The second-order valence-corrected chi connectivity index (χ2v) is 5.66. The van der Waals surface area contributed by atoms with E-state index >= 15 is 0 Å². The van der Waals surface area contributed by atoms with E-state index in [0.29, 0.717) is 16.9 Å². The van der Waals surface area contributed by atoms with Crippen LogP contribution < -0.4 is 4.74 Å². The lowest BCUT2D eigenvalue weighted by atomic mass is 9.91. The molecule has 0 amide bonds. The van der Waals surface area contributed by atoms with Gasteiger partial charge in [-0.3, -0.25) is 19.7 Å². The highest BCUT2D eigenvalue weighted by molar-refractivity contribution is 6.08. The second-order valence-electron chi connectivity index (χ2n) is 5.66. The molecule has 130 valence electrons. The molecule has 0 bridgehead atoms. The van der Waals surface area contributed by atoms with Crippen LogP contribution in [0.25, 0.3) is 0 Å². The monoisotopic (exact) mass is 341 g/mol. The molecule has 1 atom stereocenters. The fourth-order valence-corrected chi connectivity index (χ4v) is 2.71. The summed E-state index contributed by atoms with van der Waals surface area (Å²) < 4.78 is 5.24. The first-order chi connectivity index (χ1) is 12.0. The fourth-order valence-electron chi connectivity index (χ4n) is 2.71. The second kappa shape index (κ2) is 8.73. The fraction of sp³-hybridized carbons (Fsp3) is 0.263. The number of ketones is 2. The van der Waals surface area contributed by atoms with Crippen LogP contribution in [-0.4, -0.2) is 30.1 Å². The molecule has 0 unspecified atom stereocenters. The minimum absolute atomic E-state index is 0.0834. The summed E-state index contributed by atoms with van der Waals surface area (Å²) in [4.78, 5) is 35.0. The molecule has 0 heterocycles. The molecule has 0 aromatic heterocycles. The van der Waals surface area contributed by atoms with E-state index in [0.717, 1.165) is 0 Å². The van der Waals surface area contributed by atoms with Gasteiger partial charge in [-0.15, -0.1) is 0 Å². The molecule has 0 fully saturated rings. The first-order valence-electron chi connectivity index (χ1n) is 7.86. The molecule has 0 N–H and O–H groups in total. The van der Waals surface area contributed by atoms with E-state index in [1.54, 1.807) is 54.6 Å². The van der Waals surface area contributed by atoms with Crippen LogP contribution in [0, 0.1) is 10.1 Å². The Morgan fingerprint density at radius 2 is 1.72 bits per heavy atom. The summed E-state index contributed by atoms with van der Waals surface area (Å²) >= 11 is 0. The molecule has 0 aliphatic carbocycles. The van der Waals surface area contributed by atoms with E-state index in [9.17, 15) is 19.7 Å². The lowest BCUT2D eigenvalue weighted by Gasteiger charge is -2.15. The van der Waals surface area contributed by atoms with E-state index in [1.165, 1.54) is 7.11 Å². The number of hydrogen-bond donors (Lipinski definition) is 0. The summed E-state index contributed by atoms with van der Waals surface area (Å²) in [6.07, 6.45) is -0.354. The van der Waals surface area contributed by atoms with Crippen molar-refractivity contribution in [2.45, 2.75) is 18.8 Å². The number of rotatable bonds is 9. The van der Waals surface area contributed by atoms with Crippen molar-refractivity contribution in [2.24, 2.45) is 0 Å². The largest absolute Gasteiger partial charge is 0.496 e. The zero-order chi connectivity index (χ0) is 18.2. The molecule has 2 rings (SSSR count). The number of benzene rings is 2. The van der Waals surface area contributed by atoms with Crippen LogP contribution in [0.3, 0.4) is 0 Å². The van der Waals surface area contributed by atoms with Crippen molar-refractivity contribution in [3.05, 3.63) is 75.8 Å². The quantitative estimate of drug-likeness (QED) is 0.302. The van der Waals surface area contributed by atoms with E-state index < -0.39 is 17.4 Å². The first kappa shape index (κ1) is 18.3. The van der Waals surface area contributed by atoms with Gasteiger partial charge >= 0.3 is 0 Å². The van der Waals surface area contributed by atoms with E-state index in [2.05, 4.69) is 0 Å². The number of nitro groups is 1. The van der Waals surface area contributed by atoms with Gasteiger partial charge in [-0.05, 0) is 6.07 Å². The van der Waals surface area contributed by atoms with Crippen LogP contribution in [0.2, 0.25) is 0 Å². The average molecular weight is 341 g/mol. The van der Waals surface area contributed by atoms with Crippen molar-refractivity contribution in [1.29, 1.82) is 0 Å². The van der Waals surface area contributed by atoms with E-state index in [-0.39, 0.29) is 24.4 Å². The molecule has 0 aliphatic rings. The number of para-hydroxylation sites is 1. The van der Waals surface area contributed by atoms with Crippen molar-refractivity contribution in [1.82, 2.24) is 0 Å². The van der Waals surface area contributed by atoms with Crippen molar-refractivity contribution in [3.63, 3.8) is 0 Å². The summed E-state index contributed by atoms with van der Waals surface area (Å²) in [6.45, 7) is -0.397. The molecule has 0 saturated carbocycles. The minimum Gasteiger partial charge on any atom is -0.496 e. The first-order valence-corrected chi connectivity index (χ1v) is 7.86. The Kier molecular flexibility index (Phi) is 6.39. The highest BCUT2D eigenvalue weighted by Gasteiger charge is 2.25. The zero-order valence-electron chi connectivity index (χ0n) is 13.9. The summed E-state index contributed by atoms with van der Waals surface area (Å²) in [6, 6.07) is 15.4. The third-order valence-electron chi connectivity index (χ3n) is 3.88. The maximum absolute atomic E-state index is 12.3. The van der Waals surface area contributed by atoms with Gasteiger partial charge in [0, 0.05) is 22.5 Å². The lowest BCUT2D eigenvalue weighted by molar-refractivity contribution is -0.483. The number of hydrogen-bond acceptors (Lipinski definition) is 5. The summed E-state index contributed by atoms with van der Waals surface area (Å²) in [7, 11) is 1.48. The van der Waals surface area contributed by atoms with E-state index in [1.807, 2.05) is 0 Å². The van der Waals surface area contributed by atoms with Crippen molar-refractivity contribution in [3.8, 4) is 5.75 Å². The molecule has 2 aromatic rings. The molecule has 25 heavy (non-hydrogen) atoms. The number of ether oxygens (including phenoxy) is 1. The zero-order valence-corrected chi connectivity index (χ0v) is 13.9. The lowest BCUT2D eigenvalue weighted by Crippen LogP contribution is -2.19. The molecule has 0 saturated heterocycles. The van der Waals surface area contributed by atoms with Crippen molar-refractivity contribution >= 4 is 11.6 Å². The van der Waals surface area contributed by atoms with E-state index in [4.69, 9.17) is 4.74 Å². The molecule has 0 aliphatic heterocycles. The average Bonchev–Trinajstić information content (AvgIpc) is 2.61. The number of Topliss-reactive ketones (excluding diaryl/α,β-unsaturated/α-hetero) is 2. The molecule has 0 spiro atoms. The SMILES string of the molecule is COc1ccccc1[C@@H](CC(=O)CC(=O)c1ccccc1)C[N+](=O)[O-]. The minimum atomic E-state index is -0.637. The Morgan fingerprint density at radius 3 is 2.36 bits per heavy atom. The van der Waals surface area contributed by atoms with Crippen LogP contribution in [0.1, 0.15) is 34.7 Å². The van der Waals surface area contributed by atoms with Gasteiger partial charge in [0.1, 0.15) is 11.5 Å². The summed E-state index contributed by atoms with van der Waals surface area (Å²) in [5.41, 5.74) is 1.06. The molecule has 6 nitrogen and oxygen atoms in total. The van der Waals surface area contributed by atoms with Crippen LogP contribution >= 0.6 is 0 Å². The third kappa shape index (κ3) is 5.24. The summed E-state index contributed by atoms with van der Waals surface area (Å²) in [5, 5.41) is 11.0. The van der Waals surface area contributed by atoms with Crippen LogP contribution in [0.15, 0.2) is 54.6 Å². The van der Waals surface area contributed by atoms with Gasteiger partial charge in [0.15, 0.2) is 5.78 Å². The Balaban J connectivity index is 2.12. The van der Waals surface area contributed by atoms with Gasteiger partial charge in [-0.1, -0.05) is 48.5 Å². The summed E-state index contributed by atoms with van der Waals surface area (Å²) in [5.74, 6) is -0.754. The van der Waals surface area contributed by atoms with Crippen LogP contribution in [-0.2, 0) is 4.79 Å². The Hall–Kier alpha value is -3.02. The van der Waals surface area contributed by atoms with Crippen molar-refractivity contribution in [2.75, 3.05) is 13.7 Å². The number of carbonyl (C=O) groups is 2. The van der Waals surface area contributed by atoms with Gasteiger partial charge < -0.3 is 4.74 Å². The molecular weight excluding hydrogens is 322 g/mol. The standard InChI is InChI=1S/C19H19NO5/c1-25-19-10-6-5-9-17(19)15(13-20(23)24)11-16(21)12-18(22)14-7-3-2-4-8-14/h2-10,15H,11-13H2,1H3/t15-/m0/s1. The predicted molar refractivity (Wildman–Crippen MR) is 92.6 cm³/mol. The maximum Gasteiger partial charge on any atom is 0.211 e. The third-order valence-corrected chi connectivity index (χ3v) is 3.88. The normalized spacial score (nSPS) is 11.6. The Labute approximate surface area is 145 Å². The van der Waals surface area contributed by atoms with Crippen LogP contribution in [0.4, 0.5) is 0 Å². The van der Waals surface area contributed by atoms with Crippen molar-refractivity contribution < 1.29 is 19.2 Å². The van der Waals surface area contributed by atoms with Gasteiger partial charge in [0.25, 0.3) is 0 Å². The maximum atomic E-state index is 12.3. The molecular formula is C19H19NO5. The molecule has 6 heteroatoms. The Bertz CT molecular complexity index is 757. The van der Waals surface area contributed by atoms with Crippen LogP contribution in [0.5, 0.6) is 5.75 Å². The number of nitrogens with zero attached hydrogens (tertiary/aromatic N) is 1. The van der Waals surface area contributed by atoms with Gasteiger partial charge in [0.2, 0.25) is 6.54 Å². The predicted octanol–water partition coefficient (Wildman–Crippen LogP) is 3.29. The Morgan fingerprint density at radius 1 is 1.08 bits per heavy atom. The molecule has 0 radical (unpaired) electrons. The smallest absolute Gasteiger partial charge is 0.211 e. The van der Waals surface area contributed by atoms with Gasteiger partial charge in [-0.25, -0.2) is 0 Å². The highest BCUT2D eigenvalue weighted by atomic mass is 16.6. The number of carbonyl (C=O) groups excluding carboxylic acids is 2. The molecule has 2 aromatic carbocycles. The van der Waals surface area contributed by atoms with Gasteiger partial charge in [0.05, 0.1) is 19.4 Å². The van der Waals surface area contributed by atoms with Gasteiger partial charge in [-0.2, -0.15) is 0 Å². The topological polar surface area (TPSA) is 86.5 Å².